The lowest BCUT2D eigenvalue weighted by atomic mass is 10.2. The molecule has 0 heterocycles. The second-order valence-corrected chi connectivity index (χ2v) is 6.49. The van der Waals surface area contributed by atoms with Crippen LogP contribution in [-0.4, -0.2) is 42.4 Å². The molecule has 2 N–H and O–H groups in total. The van der Waals surface area contributed by atoms with Gasteiger partial charge in [0.15, 0.2) is 13.2 Å². The zero-order valence-electron chi connectivity index (χ0n) is 16.4. The first-order chi connectivity index (χ1) is 14.6. The maximum Gasteiger partial charge on any atom is 0.416 e. The van der Waals surface area contributed by atoms with E-state index in [1.54, 1.807) is 24.3 Å². The molecular weight excluding hydrogens is 417 g/mol. The minimum atomic E-state index is -4.54. The number of alkyl halides is 3. The predicted octanol–water partition coefficient (Wildman–Crippen LogP) is 2.53. The van der Waals surface area contributed by atoms with Crippen LogP contribution in [0.2, 0.25) is 0 Å². The van der Waals surface area contributed by atoms with E-state index in [1.165, 1.54) is 11.0 Å². The summed E-state index contributed by atoms with van der Waals surface area (Å²) in [6.45, 7) is -1.06. The monoisotopic (exact) mass is 438 g/mol. The summed E-state index contributed by atoms with van der Waals surface area (Å²) in [6, 6.07) is 13.0. The fraction of sp³-hybridized carbons (Fsp3) is 0.286. The summed E-state index contributed by atoms with van der Waals surface area (Å²) in [7, 11) is 0. The van der Waals surface area contributed by atoms with Gasteiger partial charge in [-0.1, -0.05) is 36.4 Å². The molecule has 10 heteroatoms. The van der Waals surface area contributed by atoms with Crippen LogP contribution in [0.15, 0.2) is 54.6 Å². The summed E-state index contributed by atoms with van der Waals surface area (Å²) in [5.74, 6) is -2.24. The first-order valence-corrected chi connectivity index (χ1v) is 9.21. The Morgan fingerprint density at radius 2 is 1.68 bits per heavy atom. The molecule has 31 heavy (non-hydrogen) atoms. The Bertz CT molecular complexity index is 903. The molecule has 2 aromatic carbocycles. The van der Waals surface area contributed by atoms with E-state index < -0.39 is 42.7 Å². The topological polar surface area (TPSA) is 98.9 Å². The molecule has 0 saturated heterocycles. The highest BCUT2D eigenvalue weighted by atomic mass is 19.4. The Balaban J connectivity index is 1.87. The van der Waals surface area contributed by atoms with E-state index in [0.717, 1.165) is 23.8 Å². The van der Waals surface area contributed by atoms with E-state index in [1.807, 2.05) is 6.07 Å². The van der Waals surface area contributed by atoms with Gasteiger partial charge in [0.05, 0.1) is 5.56 Å². The number of hydrogen-bond acceptors (Lipinski definition) is 5. The summed E-state index contributed by atoms with van der Waals surface area (Å²) in [4.78, 5) is 36.6. The second-order valence-electron chi connectivity index (χ2n) is 6.49. The van der Waals surface area contributed by atoms with Crippen molar-refractivity contribution in [3.8, 4) is 5.75 Å². The summed E-state index contributed by atoms with van der Waals surface area (Å²) in [5, 5.41) is 0. The molecule has 166 valence electrons. The summed E-state index contributed by atoms with van der Waals surface area (Å²) < 4.78 is 48.0. The average Bonchev–Trinajstić information content (AvgIpc) is 2.73. The van der Waals surface area contributed by atoms with Crippen LogP contribution in [0.5, 0.6) is 5.75 Å². The van der Waals surface area contributed by atoms with Gasteiger partial charge in [-0.25, -0.2) is 4.79 Å². The van der Waals surface area contributed by atoms with Crippen molar-refractivity contribution in [2.45, 2.75) is 19.1 Å². The Labute approximate surface area is 176 Å². The first kappa shape index (κ1) is 23.7. The molecule has 7 nitrogen and oxygen atoms in total. The number of carbonyl (C=O) groups is 3. The summed E-state index contributed by atoms with van der Waals surface area (Å²) in [6.07, 6.45) is -4.61. The normalized spacial score (nSPS) is 10.9. The molecule has 0 aromatic heterocycles. The largest absolute Gasteiger partial charge is 0.482 e. The molecule has 2 amide bonds. The van der Waals surface area contributed by atoms with Gasteiger partial charge in [-0.05, 0) is 23.8 Å². The molecule has 0 aliphatic heterocycles. The van der Waals surface area contributed by atoms with Crippen LogP contribution in [-0.2, 0) is 31.8 Å². The third-order valence-corrected chi connectivity index (χ3v) is 4.07. The highest BCUT2D eigenvalue weighted by molar-refractivity contribution is 5.82. The molecule has 2 aromatic rings. The van der Waals surface area contributed by atoms with Crippen LogP contribution >= 0.6 is 0 Å². The average molecular weight is 438 g/mol. The van der Waals surface area contributed by atoms with Crippen molar-refractivity contribution in [1.82, 2.24) is 4.90 Å². The number of amides is 2. The van der Waals surface area contributed by atoms with Crippen LogP contribution < -0.4 is 10.5 Å². The minimum absolute atomic E-state index is 0.0430. The number of esters is 1. The first-order valence-electron chi connectivity index (χ1n) is 9.21. The number of halogens is 3. The molecule has 0 spiro atoms. The van der Waals surface area contributed by atoms with Gasteiger partial charge < -0.3 is 20.1 Å². The van der Waals surface area contributed by atoms with Crippen LogP contribution in [0.3, 0.4) is 0 Å². The number of nitrogens with zero attached hydrogens (tertiary/aromatic N) is 1. The van der Waals surface area contributed by atoms with Gasteiger partial charge in [0, 0.05) is 19.5 Å². The number of ether oxygens (including phenoxy) is 2. The molecule has 0 aliphatic carbocycles. The highest BCUT2D eigenvalue weighted by Gasteiger charge is 2.30. The Morgan fingerprint density at radius 3 is 2.32 bits per heavy atom. The van der Waals surface area contributed by atoms with Gasteiger partial charge in [-0.15, -0.1) is 0 Å². The van der Waals surface area contributed by atoms with E-state index >= 15 is 0 Å². The minimum Gasteiger partial charge on any atom is -0.482 e. The SMILES string of the molecule is NC(=O)CCN(Cc1ccccc1)C(=O)COC(=O)COc1cccc(C(F)(F)F)c1. The van der Waals surface area contributed by atoms with E-state index in [2.05, 4.69) is 0 Å². The molecular formula is C21H21F3N2O5. The summed E-state index contributed by atoms with van der Waals surface area (Å²) in [5.41, 5.74) is 5.03. The molecule has 0 saturated carbocycles. The number of hydrogen-bond donors (Lipinski definition) is 1. The Hall–Kier alpha value is -3.56. The predicted molar refractivity (Wildman–Crippen MR) is 104 cm³/mol. The van der Waals surface area contributed by atoms with Crippen molar-refractivity contribution in [3.63, 3.8) is 0 Å². The lowest BCUT2D eigenvalue weighted by molar-refractivity contribution is -0.154. The molecule has 0 unspecified atom stereocenters. The van der Waals surface area contributed by atoms with Gasteiger partial charge in [0.2, 0.25) is 5.91 Å². The highest BCUT2D eigenvalue weighted by Crippen LogP contribution is 2.31. The lowest BCUT2D eigenvalue weighted by Gasteiger charge is -2.22. The van der Waals surface area contributed by atoms with Crippen molar-refractivity contribution in [2.24, 2.45) is 5.73 Å². The molecule has 2 rings (SSSR count). The maximum absolute atomic E-state index is 12.7. The van der Waals surface area contributed by atoms with Crippen molar-refractivity contribution >= 4 is 17.8 Å². The van der Waals surface area contributed by atoms with E-state index in [4.69, 9.17) is 15.2 Å². The summed E-state index contributed by atoms with van der Waals surface area (Å²) >= 11 is 0. The van der Waals surface area contributed by atoms with Crippen LogP contribution in [0.1, 0.15) is 17.5 Å². The third kappa shape index (κ3) is 8.37. The van der Waals surface area contributed by atoms with E-state index in [0.29, 0.717) is 0 Å². The number of nitrogens with two attached hydrogens (primary N) is 1. The molecule has 0 fully saturated rings. The van der Waals surface area contributed by atoms with Gasteiger partial charge in [-0.2, -0.15) is 13.2 Å². The van der Waals surface area contributed by atoms with Crippen molar-refractivity contribution in [1.29, 1.82) is 0 Å². The smallest absolute Gasteiger partial charge is 0.416 e. The van der Waals surface area contributed by atoms with Crippen LogP contribution in [0, 0.1) is 0 Å². The molecule has 0 aliphatic rings. The third-order valence-electron chi connectivity index (χ3n) is 4.07. The fourth-order valence-electron chi connectivity index (χ4n) is 2.52. The quantitative estimate of drug-likeness (QED) is 0.575. The maximum atomic E-state index is 12.7. The Morgan fingerprint density at radius 1 is 0.968 bits per heavy atom. The van der Waals surface area contributed by atoms with Crippen molar-refractivity contribution < 1.29 is 37.0 Å². The number of primary amides is 1. The van der Waals surface area contributed by atoms with E-state index in [-0.39, 0.29) is 25.3 Å². The number of benzene rings is 2. The zero-order chi connectivity index (χ0) is 22.9. The Kier molecular flexibility index (Phi) is 8.42. The number of carbonyl (C=O) groups excluding carboxylic acids is 3. The van der Waals surface area contributed by atoms with Crippen LogP contribution in [0.25, 0.3) is 0 Å². The van der Waals surface area contributed by atoms with Gasteiger partial charge in [0.1, 0.15) is 5.75 Å². The standard InChI is InChI=1S/C21H21F3N2O5/c22-21(23,24)16-7-4-8-17(11-16)30-14-20(29)31-13-19(28)26(10-9-18(25)27)12-15-5-2-1-3-6-15/h1-8,11H,9-10,12-14H2,(H2,25,27). The molecule has 0 bridgehead atoms. The van der Waals surface area contributed by atoms with Gasteiger partial charge in [0.25, 0.3) is 5.91 Å². The number of rotatable bonds is 10. The second kappa shape index (κ2) is 11.0. The zero-order valence-corrected chi connectivity index (χ0v) is 16.4. The van der Waals surface area contributed by atoms with Crippen molar-refractivity contribution in [3.05, 3.63) is 65.7 Å². The lowest BCUT2D eigenvalue weighted by Crippen LogP contribution is -2.37. The van der Waals surface area contributed by atoms with Crippen molar-refractivity contribution in [2.75, 3.05) is 19.8 Å². The fourth-order valence-corrected chi connectivity index (χ4v) is 2.52. The van der Waals surface area contributed by atoms with E-state index in [9.17, 15) is 27.6 Å². The van der Waals surface area contributed by atoms with Crippen LogP contribution in [0.4, 0.5) is 13.2 Å². The van der Waals surface area contributed by atoms with Gasteiger partial charge in [-0.3, -0.25) is 9.59 Å². The molecule has 0 atom stereocenters. The molecule has 0 radical (unpaired) electrons. The van der Waals surface area contributed by atoms with Gasteiger partial charge >= 0.3 is 12.1 Å².